The summed E-state index contributed by atoms with van der Waals surface area (Å²) >= 11 is 0. The smallest absolute Gasteiger partial charge is 0.253 e. The Morgan fingerprint density at radius 1 is 1.38 bits per heavy atom. The number of piperidine rings is 2. The van der Waals surface area contributed by atoms with Crippen LogP contribution in [0, 0.1) is 30.1 Å². The van der Waals surface area contributed by atoms with Gasteiger partial charge in [0, 0.05) is 36.3 Å². The van der Waals surface area contributed by atoms with Crippen LogP contribution in [0.1, 0.15) is 28.8 Å². The van der Waals surface area contributed by atoms with Gasteiger partial charge in [-0.1, -0.05) is 0 Å². The maximum atomic E-state index is 13.0. The minimum Gasteiger partial charge on any atom is -0.352 e. The summed E-state index contributed by atoms with van der Waals surface area (Å²) in [6, 6.07) is 9.69. The number of aromatic nitrogens is 1. The van der Waals surface area contributed by atoms with Crippen LogP contribution in [-0.4, -0.2) is 40.8 Å². The van der Waals surface area contributed by atoms with E-state index in [1.807, 2.05) is 36.1 Å². The fourth-order valence-electron chi connectivity index (χ4n) is 4.05. The van der Waals surface area contributed by atoms with Gasteiger partial charge in [-0.25, -0.2) is 0 Å². The van der Waals surface area contributed by atoms with Crippen molar-refractivity contribution in [3.8, 4) is 6.07 Å². The van der Waals surface area contributed by atoms with Gasteiger partial charge in [0.15, 0.2) is 0 Å². The number of carbonyl (C=O) groups excluding carboxylic acids is 2. The van der Waals surface area contributed by atoms with Gasteiger partial charge in [-0.15, -0.1) is 0 Å². The zero-order valence-corrected chi connectivity index (χ0v) is 14.6. The lowest BCUT2D eigenvalue weighted by atomic mass is 9.80. The van der Waals surface area contributed by atoms with E-state index < -0.39 is 5.92 Å². The van der Waals surface area contributed by atoms with E-state index in [0.29, 0.717) is 25.1 Å². The van der Waals surface area contributed by atoms with Gasteiger partial charge < -0.3 is 10.2 Å². The Morgan fingerprint density at radius 3 is 3.04 bits per heavy atom. The van der Waals surface area contributed by atoms with Gasteiger partial charge in [0.2, 0.25) is 5.91 Å². The van der Waals surface area contributed by atoms with E-state index in [0.717, 1.165) is 22.9 Å². The molecule has 1 aromatic heterocycles. The van der Waals surface area contributed by atoms with Gasteiger partial charge in [-0.05, 0) is 55.5 Å². The Hall–Kier alpha value is -2.94. The fraction of sp³-hybridized carbons (Fsp3) is 0.400. The topological polar surface area (TPSA) is 86.1 Å². The van der Waals surface area contributed by atoms with E-state index >= 15 is 0 Å². The van der Waals surface area contributed by atoms with Crippen molar-refractivity contribution in [1.82, 2.24) is 15.2 Å². The summed E-state index contributed by atoms with van der Waals surface area (Å²) in [6.45, 7) is 3.20. The molecule has 0 bridgehead atoms. The van der Waals surface area contributed by atoms with Crippen molar-refractivity contribution in [2.45, 2.75) is 25.8 Å². The van der Waals surface area contributed by atoms with Crippen molar-refractivity contribution in [3.63, 3.8) is 0 Å². The Morgan fingerprint density at radius 2 is 2.23 bits per heavy atom. The molecule has 0 saturated carbocycles. The van der Waals surface area contributed by atoms with Crippen molar-refractivity contribution < 1.29 is 9.59 Å². The third kappa shape index (κ3) is 2.80. The Balaban J connectivity index is 1.55. The largest absolute Gasteiger partial charge is 0.352 e. The standard InChI is InChI=1S/C20H20N4O2/c1-12-4-6-22-18-3-2-13(9-16(12)18)20(26)24-7-5-17-15(11-24)8-14(10-21)19(25)23-17/h2-4,6,9,14-15,17H,5,7-8,11H2,1H3,(H,23,25). The number of hydrogen-bond donors (Lipinski definition) is 1. The summed E-state index contributed by atoms with van der Waals surface area (Å²) in [4.78, 5) is 31.0. The van der Waals surface area contributed by atoms with Crippen LogP contribution in [0.15, 0.2) is 30.5 Å². The maximum absolute atomic E-state index is 13.0. The van der Waals surface area contributed by atoms with Crippen molar-refractivity contribution in [2.75, 3.05) is 13.1 Å². The van der Waals surface area contributed by atoms with Crippen LogP contribution >= 0.6 is 0 Å². The van der Waals surface area contributed by atoms with E-state index in [1.54, 1.807) is 6.20 Å². The van der Waals surface area contributed by atoms with Gasteiger partial charge >= 0.3 is 0 Å². The Kier molecular flexibility index (Phi) is 4.08. The molecule has 3 unspecified atom stereocenters. The number of carbonyl (C=O) groups is 2. The molecule has 1 N–H and O–H groups in total. The number of likely N-dealkylation sites (tertiary alicyclic amines) is 1. The molecule has 132 valence electrons. The van der Waals surface area contributed by atoms with Crippen molar-refractivity contribution in [1.29, 1.82) is 5.26 Å². The number of nitrogens with one attached hydrogen (secondary N) is 1. The summed E-state index contributed by atoms with van der Waals surface area (Å²) in [6.07, 6.45) is 3.03. The SMILES string of the molecule is Cc1ccnc2ccc(C(=O)N3CCC4NC(=O)C(C#N)CC4C3)cc12. The number of pyridine rings is 1. The number of nitrogens with zero attached hydrogens (tertiary/aromatic N) is 3. The molecule has 2 saturated heterocycles. The molecule has 3 heterocycles. The van der Waals surface area contributed by atoms with E-state index in [1.165, 1.54) is 0 Å². The second-order valence-corrected chi connectivity index (χ2v) is 7.19. The highest BCUT2D eigenvalue weighted by Gasteiger charge is 2.40. The quantitative estimate of drug-likeness (QED) is 0.854. The summed E-state index contributed by atoms with van der Waals surface area (Å²) in [5, 5.41) is 13.1. The normalized spacial score (nSPS) is 25.3. The zero-order valence-electron chi connectivity index (χ0n) is 14.6. The second kappa shape index (κ2) is 6.41. The molecule has 26 heavy (non-hydrogen) atoms. The van der Waals surface area contributed by atoms with Crippen molar-refractivity contribution in [3.05, 3.63) is 41.6 Å². The number of amides is 2. The second-order valence-electron chi connectivity index (χ2n) is 7.19. The molecule has 6 nitrogen and oxygen atoms in total. The number of rotatable bonds is 1. The molecule has 6 heteroatoms. The van der Waals surface area contributed by atoms with Gasteiger partial charge in [0.05, 0.1) is 11.6 Å². The van der Waals surface area contributed by atoms with Crippen molar-refractivity contribution >= 4 is 22.7 Å². The molecule has 2 aliphatic rings. The summed E-state index contributed by atoms with van der Waals surface area (Å²) in [5.74, 6) is -0.648. The van der Waals surface area contributed by atoms with Crippen LogP contribution in [0.2, 0.25) is 0 Å². The first-order valence-corrected chi connectivity index (χ1v) is 8.91. The van der Waals surface area contributed by atoms with Crippen LogP contribution in [0.25, 0.3) is 10.9 Å². The molecule has 2 aromatic rings. The number of nitriles is 1. The highest BCUT2D eigenvalue weighted by atomic mass is 16.2. The molecule has 0 spiro atoms. The first-order chi connectivity index (χ1) is 12.6. The number of aryl methyl sites for hydroxylation is 1. The van der Waals surface area contributed by atoms with E-state index in [9.17, 15) is 9.59 Å². The van der Waals surface area contributed by atoms with E-state index in [-0.39, 0.29) is 23.8 Å². The summed E-state index contributed by atoms with van der Waals surface area (Å²) in [5.41, 5.74) is 2.63. The molecule has 2 aliphatic heterocycles. The highest BCUT2D eigenvalue weighted by Crippen LogP contribution is 2.29. The zero-order chi connectivity index (χ0) is 18.3. The van der Waals surface area contributed by atoms with Crippen LogP contribution in [-0.2, 0) is 4.79 Å². The molecule has 2 amide bonds. The van der Waals surface area contributed by atoms with Crippen LogP contribution in [0.3, 0.4) is 0 Å². The fourth-order valence-corrected chi connectivity index (χ4v) is 4.05. The molecule has 1 aromatic carbocycles. The predicted octanol–water partition coefficient (Wildman–Crippen LogP) is 2.03. The van der Waals surface area contributed by atoms with Crippen LogP contribution in [0.4, 0.5) is 0 Å². The Labute approximate surface area is 151 Å². The third-order valence-corrected chi connectivity index (χ3v) is 5.57. The third-order valence-electron chi connectivity index (χ3n) is 5.57. The minimum atomic E-state index is -0.610. The summed E-state index contributed by atoms with van der Waals surface area (Å²) < 4.78 is 0. The molecule has 0 aliphatic carbocycles. The first kappa shape index (κ1) is 16.5. The molecule has 4 rings (SSSR count). The van der Waals surface area contributed by atoms with Gasteiger partial charge in [-0.2, -0.15) is 5.26 Å². The molecule has 2 fully saturated rings. The molecule has 0 radical (unpaired) electrons. The molecule has 3 atom stereocenters. The minimum absolute atomic E-state index is 0.000916. The number of benzene rings is 1. The van der Waals surface area contributed by atoms with E-state index in [2.05, 4.69) is 16.4 Å². The van der Waals surface area contributed by atoms with Crippen LogP contribution in [0.5, 0.6) is 0 Å². The van der Waals surface area contributed by atoms with Crippen molar-refractivity contribution in [2.24, 2.45) is 11.8 Å². The molecular formula is C20H20N4O2. The molecular weight excluding hydrogens is 328 g/mol. The number of fused-ring (bicyclic) bond motifs is 2. The lowest BCUT2D eigenvalue weighted by Crippen LogP contribution is -2.57. The summed E-state index contributed by atoms with van der Waals surface area (Å²) in [7, 11) is 0. The first-order valence-electron chi connectivity index (χ1n) is 8.91. The lowest BCUT2D eigenvalue weighted by Gasteiger charge is -2.42. The van der Waals surface area contributed by atoms with E-state index in [4.69, 9.17) is 5.26 Å². The van der Waals surface area contributed by atoms with Gasteiger partial charge in [-0.3, -0.25) is 14.6 Å². The Bertz CT molecular complexity index is 933. The maximum Gasteiger partial charge on any atom is 0.253 e. The van der Waals surface area contributed by atoms with Crippen LogP contribution < -0.4 is 5.32 Å². The highest BCUT2D eigenvalue weighted by molar-refractivity contribution is 5.98. The van der Waals surface area contributed by atoms with Gasteiger partial charge in [0.25, 0.3) is 5.91 Å². The average Bonchev–Trinajstić information content (AvgIpc) is 2.66. The predicted molar refractivity (Wildman–Crippen MR) is 96.1 cm³/mol. The average molecular weight is 348 g/mol. The lowest BCUT2D eigenvalue weighted by molar-refractivity contribution is -0.128. The number of hydrogen-bond acceptors (Lipinski definition) is 4. The monoisotopic (exact) mass is 348 g/mol. The van der Waals surface area contributed by atoms with Gasteiger partial charge in [0.1, 0.15) is 5.92 Å².